The number of carbonyl (C=O) groups excluding carboxylic acids is 2. The van der Waals surface area contributed by atoms with E-state index in [1.807, 2.05) is 13.8 Å². The highest BCUT2D eigenvalue weighted by molar-refractivity contribution is 6.34. The molecular formula is C23H19ClF3NO4. The van der Waals surface area contributed by atoms with Crippen LogP contribution in [-0.2, 0) is 6.18 Å². The number of anilines is 1. The molecule has 168 valence electrons. The van der Waals surface area contributed by atoms with Crippen molar-refractivity contribution in [3.8, 4) is 5.75 Å². The van der Waals surface area contributed by atoms with Crippen LogP contribution in [0, 0.1) is 6.92 Å². The molecule has 0 aliphatic carbocycles. The SMILES string of the molecule is CC[C@@]1(C)CC(=O)c2c(ccc3oc(C(=O)Nc4cc(C(F)(F)F)ccc4Cl)c(C)c23)O1. The molecule has 0 saturated carbocycles. The summed E-state index contributed by atoms with van der Waals surface area (Å²) in [5.74, 6) is -0.623. The van der Waals surface area contributed by atoms with Crippen molar-refractivity contribution in [1.29, 1.82) is 0 Å². The fourth-order valence-electron chi connectivity index (χ4n) is 3.80. The minimum atomic E-state index is -4.59. The molecule has 0 radical (unpaired) electrons. The molecule has 32 heavy (non-hydrogen) atoms. The van der Waals surface area contributed by atoms with Gasteiger partial charge in [-0.2, -0.15) is 13.2 Å². The lowest BCUT2D eigenvalue weighted by molar-refractivity contribution is -0.137. The first-order chi connectivity index (χ1) is 14.9. The van der Waals surface area contributed by atoms with Gasteiger partial charge in [-0.15, -0.1) is 0 Å². The van der Waals surface area contributed by atoms with Gasteiger partial charge >= 0.3 is 6.18 Å². The molecule has 0 spiro atoms. The Morgan fingerprint density at radius 3 is 2.62 bits per heavy atom. The van der Waals surface area contributed by atoms with Crippen LogP contribution in [0.4, 0.5) is 18.9 Å². The van der Waals surface area contributed by atoms with Crippen molar-refractivity contribution in [2.24, 2.45) is 0 Å². The lowest BCUT2D eigenvalue weighted by Crippen LogP contribution is -2.38. The minimum Gasteiger partial charge on any atom is -0.486 e. The first-order valence-electron chi connectivity index (χ1n) is 9.90. The summed E-state index contributed by atoms with van der Waals surface area (Å²) in [5.41, 5.74) is -0.740. The van der Waals surface area contributed by atoms with Crippen LogP contribution in [0.2, 0.25) is 5.02 Å². The number of furan rings is 1. The largest absolute Gasteiger partial charge is 0.486 e. The van der Waals surface area contributed by atoms with Crippen LogP contribution in [-0.4, -0.2) is 17.3 Å². The smallest absolute Gasteiger partial charge is 0.416 e. The summed E-state index contributed by atoms with van der Waals surface area (Å²) >= 11 is 5.98. The molecular weight excluding hydrogens is 447 g/mol. The number of hydrogen-bond acceptors (Lipinski definition) is 4. The van der Waals surface area contributed by atoms with Crippen LogP contribution in [0.25, 0.3) is 11.0 Å². The van der Waals surface area contributed by atoms with Gasteiger partial charge in [-0.05, 0) is 50.6 Å². The number of ketones is 1. The monoisotopic (exact) mass is 465 g/mol. The van der Waals surface area contributed by atoms with Gasteiger partial charge in [0.25, 0.3) is 5.91 Å². The van der Waals surface area contributed by atoms with Gasteiger partial charge in [-0.1, -0.05) is 18.5 Å². The van der Waals surface area contributed by atoms with E-state index in [1.165, 1.54) is 0 Å². The van der Waals surface area contributed by atoms with E-state index in [1.54, 1.807) is 19.1 Å². The van der Waals surface area contributed by atoms with Crippen molar-refractivity contribution >= 4 is 39.9 Å². The minimum absolute atomic E-state index is 0.0556. The van der Waals surface area contributed by atoms with Crippen LogP contribution < -0.4 is 10.1 Å². The van der Waals surface area contributed by atoms with Crippen LogP contribution in [0.5, 0.6) is 5.75 Å². The van der Waals surface area contributed by atoms with E-state index in [0.29, 0.717) is 34.3 Å². The fourth-order valence-corrected chi connectivity index (χ4v) is 3.97. The number of amides is 1. The maximum atomic E-state index is 13.0. The summed E-state index contributed by atoms with van der Waals surface area (Å²) in [7, 11) is 0. The Labute approximate surface area is 186 Å². The third-order valence-corrected chi connectivity index (χ3v) is 6.05. The van der Waals surface area contributed by atoms with Crippen LogP contribution in [0.15, 0.2) is 34.7 Å². The normalized spacial score (nSPS) is 18.4. The van der Waals surface area contributed by atoms with E-state index in [2.05, 4.69) is 5.32 Å². The van der Waals surface area contributed by atoms with Gasteiger partial charge in [0.05, 0.1) is 28.3 Å². The zero-order valence-corrected chi connectivity index (χ0v) is 18.2. The van der Waals surface area contributed by atoms with Gasteiger partial charge in [-0.3, -0.25) is 9.59 Å². The van der Waals surface area contributed by atoms with Crippen molar-refractivity contribution in [3.05, 3.63) is 57.8 Å². The number of Topliss-reactive ketones (excluding diaryl/α,β-unsaturated/α-hetero) is 1. The summed E-state index contributed by atoms with van der Waals surface area (Å²) in [6.07, 6.45) is -3.76. The highest BCUT2D eigenvalue weighted by atomic mass is 35.5. The number of benzene rings is 2. The zero-order chi connectivity index (χ0) is 23.4. The standard InChI is InChI=1S/C23H19ClF3NO4/c1-4-22(3)10-15(29)19-17(32-22)8-7-16-18(19)11(2)20(31-16)21(30)28-14-9-12(23(25,26)27)5-6-13(14)24/h5-9H,4,10H2,1-3H3,(H,28,30)/t22-/m0/s1. The van der Waals surface area contributed by atoms with Crippen molar-refractivity contribution in [2.75, 3.05) is 5.32 Å². The predicted octanol–water partition coefficient (Wildman–Crippen LogP) is 6.80. The molecule has 2 heterocycles. The number of hydrogen-bond donors (Lipinski definition) is 1. The molecule has 1 aliphatic rings. The Balaban J connectivity index is 1.74. The van der Waals surface area contributed by atoms with Gasteiger partial charge < -0.3 is 14.5 Å². The summed E-state index contributed by atoms with van der Waals surface area (Å²) < 4.78 is 50.8. The number of nitrogens with one attached hydrogen (secondary N) is 1. The summed E-state index contributed by atoms with van der Waals surface area (Å²) in [4.78, 5) is 25.8. The van der Waals surface area contributed by atoms with Gasteiger partial charge in [0.2, 0.25) is 0 Å². The molecule has 9 heteroatoms. The number of alkyl halides is 3. The molecule has 2 aromatic carbocycles. The Bertz CT molecular complexity index is 1260. The second-order valence-electron chi connectivity index (χ2n) is 8.02. The Morgan fingerprint density at radius 2 is 1.97 bits per heavy atom. The molecule has 1 aliphatic heterocycles. The van der Waals surface area contributed by atoms with Crippen molar-refractivity contribution in [2.45, 2.75) is 45.4 Å². The maximum absolute atomic E-state index is 13.0. The summed E-state index contributed by atoms with van der Waals surface area (Å²) in [6.45, 7) is 5.40. The summed E-state index contributed by atoms with van der Waals surface area (Å²) in [6, 6.07) is 5.86. The molecule has 4 rings (SSSR count). The van der Waals surface area contributed by atoms with Crippen LogP contribution >= 0.6 is 11.6 Å². The maximum Gasteiger partial charge on any atom is 0.416 e. The molecule has 1 atom stereocenters. The van der Waals surface area contributed by atoms with E-state index in [4.69, 9.17) is 20.8 Å². The second-order valence-corrected chi connectivity index (χ2v) is 8.43. The van der Waals surface area contributed by atoms with Crippen molar-refractivity contribution in [3.63, 3.8) is 0 Å². The number of halogens is 4. The van der Waals surface area contributed by atoms with Gasteiger partial charge in [0.15, 0.2) is 11.5 Å². The lowest BCUT2D eigenvalue weighted by Gasteiger charge is -2.34. The van der Waals surface area contributed by atoms with Crippen molar-refractivity contribution < 1.29 is 31.9 Å². The van der Waals surface area contributed by atoms with E-state index in [0.717, 1.165) is 18.2 Å². The van der Waals surface area contributed by atoms with Crippen molar-refractivity contribution in [1.82, 2.24) is 0 Å². The predicted molar refractivity (Wildman–Crippen MR) is 114 cm³/mol. The Hall–Kier alpha value is -3.00. The highest BCUT2D eigenvalue weighted by Crippen LogP contribution is 2.42. The molecule has 0 fully saturated rings. The highest BCUT2D eigenvalue weighted by Gasteiger charge is 2.37. The quantitative estimate of drug-likeness (QED) is 0.462. The van der Waals surface area contributed by atoms with Gasteiger partial charge in [0, 0.05) is 10.9 Å². The van der Waals surface area contributed by atoms with E-state index < -0.39 is 23.2 Å². The molecule has 1 N–H and O–H groups in total. The topological polar surface area (TPSA) is 68.5 Å². The van der Waals surface area contributed by atoms with Crippen LogP contribution in [0.3, 0.4) is 0 Å². The summed E-state index contributed by atoms with van der Waals surface area (Å²) in [5, 5.41) is 2.77. The Kier molecular flexibility index (Phi) is 5.24. The lowest BCUT2D eigenvalue weighted by atomic mass is 9.87. The van der Waals surface area contributed by atoms with Gasteiger partial charge in [0.1, 0.15) is 16.9 Å². The first-order valence-corrected chi connectivity index (χ1v) is 10.3. The molecule has 5 nitrogen and oxygen atoms in total. The average Bonchev–Trinajstić information content (AvgIpc) is 3.05. The van der Waals surface area contributed by atoms with Crippen LogP contribution in [0.1, 0.15) is 58.7 Å². The number of fused-ring (bicyclic) bond motifs is 3. The fraction of sp³-hybridized carbons (Fsp3) is 0.304. The van der Waals surface area contributed by atoms with Gasteiger partial charge in [-0.25, -0.2) is 0 Å². The average molecular weight is 466 g/mol. The number of ether oxygens (including phenoxy) is 1. The van der Waals surface area contributed by atoms with E-state index >= 15 is 0 Å². The third-order valence-electron chi connectivity index (χ3n) is 5.72. The third kappa shape index (κ3) is 3.72. The zero-order valence-electron chi connectivity index (χ0n) is 17.4. The molecule has 3 aromatic rings. The Morgan fingerprint density at radius 1 is 1.25 bits per heavy atom. The molecule has 0 saturated heterocycles. The second kappa shape index (κ2) is 7.55. The number of aryl methyl sites for hydroxylation is 1. The molecule has 0 bridgehead atoms. The van der Waals surface area contributed by atoms with E-state index in [9.17, 15) is 22.8 Å². The number of rotatable bonds is 3. The molecule has 1 amide bonds. The number of carbonyl (C=O) groups is 2. The van der Waals surface area contributed by atoms with E-state index in [-0.39, 0.29) is 28.7 Å². The first kappa shape index (κ1) is 22.2. The molecule has 1 aromatic heterocycles. The molecule has 0 unspecified atom stereocenters.